The lowest BCUT2D eigenvalue weighted by Crippen LogP contribution is -2.35. The summed E-state index contributed by atoms with van der Waals surface area (Å²) in [5, 5.41) is 5.00. The summed E-state index contributed by atoms with van der Waals surface area (Å²) in [6.45, 7) is 4.52. The Hall–Kier alpha value is -0.240. The Morgan fingerprint density at radius 1 is 1.00 bits per heavy atom. The predicted octanol–water partition coefficient (Wildman–Crippen LogP) is 6.00. The molecule has 0 bridgehead atoms. The normalized spacial score (nSPS) is 20.4. The van der Waals surface area contributed by atoms with Crippen molar-refractivity contribution in [3.8, 4) is 0 Å². The lowest BCUT2D eigenvalue weighted by atomic mass is 9.92. The first-order chi connectivity index (χ1) is 9.58. The first kappa shape index (κ1) is 16.1. The molecule has 0 radical (unpaired) electrons. The zero-order valence-electron chi connectivity index (χ0n) is 12.5. The number of halogens is 2. The van der Waals surface area contributed by atoms with E-state index in [4.69, 9.17) is 23.2 Å². The maximum atomic E-state index is 6.10. The highest BCUT2D eigenvalue weighted by Gasteiger charge is 2.20. The van der Waals surface area contributed by atoms with Gasteiger partial charge in [-0.25, -0.2) is 0 Å². The molecule has 1 fully saturated rings. The smallest absolute Gasteiger partial charge is 0.0595 e. The van der Waals surface area contributed by atoms with Crippen LogP contribution in [0.2, 0.25) is 10.0 Å². The van der Waals surface area contributed by atoms with Crippen LogP contribution in [0.4, 0.5) is 0 Å². The molecular weight excluding hydrogens is 289 g/mol. The van der Waals surface area contributed by atoms with Gasteiger partial charge in [-0.15, -0.1) is 0 Å². The molecule has 3 heteroatoms. The number of nitrogens with one attached hydrogen (secondary N) is 1. The average molecular weight is 314 g/mol. The van der Waals surface area contributed by atoms with Crippen molar-refractivity contribution in [1.29, 1.82) is 0 Å². The fraction of sp³-hybridized carbons (Fsp3) is 0.647. The molecule has 20 heavy (non-hydrogen) atoms. The van der Waals surface area contributed by atoms with Crippen molar-refractivity contribution in [2.45, 2.75) is 64.5 Å². The van der Waals surface area contributed by atoms with Gasteiger partial charge in [0.25, 0.3) is 0 Å². The maximum absolute atomic E-state index is 6.10. The van der Waals surface area contributed by atoms with Crippen LogP contribution < -0.4 is 5.32 Å². The van der Waals surface area contributed by atoms with E-state index < -0.39 is 0 Å². The quantitative estimate of drug-likeness (QED) is 0.672. The Morgan fingerprint density at radius 2 is 1.65 bits per heavy atom. The standard InChI is InChI=1S/C17H25Cl2N/c1-12(14-7-5-3-4-6-8-14)20-13(2)15-9-10-16(18)17(19)11-15/h9-14,20H,3-8H2,1-2H3/t12-,13?/m1/s1. The van der Waals surface area contributed by atoms with Crippen LogP contribution >= 0.6 is 23.2 Å². The van der Waals surface area contributed by atoms with Gasteiger partial charge in [0.05, 0.1) is 10.0 Å². The average Bonchev–Trinajstić information content (AvgIpc) is 2.70. The molecule has 1 aliphatic rings. The molecule has 0 heterocycles. The third-order valence-electron chi connectivity index (χ3n) is 4.56. The molecule has 1 aromatic rings. The topological polar surface area (TPSA) is 12.0 Å². The highest BCUT2D eigenvalue weighted by Crippen LogP contribution is 2.29. The minimum absolute atomic E-state index is 0.308. The van der Waals surface area contributed by atoms with E-state index in [-0.39, 0.29) is 0 Å². The zero-order valence-corrected chi connectivity index (χ0v) is 14.0. The van der Waals surface area contributed by atoms with E-state index in [0.717, 1.165) is 5.92 Å². The zero-order chi connectivity index (χ0) is 14.5. The Balaban J connectivity index is 1.95. The van der Waals surface area contributed by atoms with Crippen molar-refractivity contribution in [3.05, 3.63) is 33.8 Å². The van der Waals surface area contributed by atoms with Crippen molar-refractivity contribution in [3.63, 3.8) is 0 Å². The van der Waals surface area contributed by atoms with Gasteiger partial charge in [0.1, 0.15) is 0 Å². The predicted molar refractivity (Wildman–Crippen MR) is 88.7 cm³/mol. The van der Waals surface area contributed by atoms with E-state index in [1.54, 1.807) is 0 Å². The van der Waals surface area contributed by atoms with Gasteiger partial charge in [-0.05, 0) is 50.3 Å². The molecule has 0 aliphatic heterocycles. The molecule has 1 unspecified atom stereocenters. The van der Waals surface area contributed by atoms with Gasteiger partial charge in [-0.3, -0.25) is 0 Å². The number of hydrogen-bond acceptors (Lipinski definition) is 1. The van der Waals surface area contributed by atoms with Crippen LogP contribution in [0.1, 0.15) is 64.0 Å². The summed E-state index contributed by atoms with van der Waals surface area (Å²) in [7, 11) is 0. The summed E-state index contributed by atoms with van der Waals surface area (Å²) < 4.78 is 0. The molecule has 1 N–H and O–H groups in total. The maximum Gasteiger partial charge on any atom is 0.0595 e. The Kier molecular flexibility index (Phi) is 6.20. The van der Waals surface area contributed by atoms with Gasteiger partial charge in [0.2, 0.25) is 0 Å². The highest BCUT2D eigenvalue weighted by atomic mass is 35.5. The highest BCUT2D eigenvalue weighted by molar-refractivity contribution is 6.42. The molecule has 1 aromatic carbocycles. The Bertz CT molecular complexity index is 425. The van der Waals surface area contributed by atoms with Crippen LogP contribution in [-0.4, -0.2) is 6.04 Å². The molecule has 1 saturated carbocycles. The van der Waals surface area contributed by atoms with Gasteiger partial charge in [-0.2, -0.15) is 0 Å². The van der Waals surface area contributed by atoms with Crippen molar-refractivity contribution >= 4 is 23.2 Å². The molecule has 112 valence electrons. The molecule has 2 atom stereocenters. The van der Waals surface area contributed by atoms with E-state index >= 15 is 0 Å². The minimum atomic E-state index is 0.308. The largest absolute Gasteiger partial charge is 0.307 e. The second kappa shape index (κ2) is 7.68. The van der Waals surface area contributed by atoms with Crippen molar-refractivity contribution in [2.75, 3.05) is 0 Å². The van der Waals surface area contributed by atoms with Crippen molar-refractivity contribution in [2.24, 2.45) is 5.92 Å². The van der Waals surface area contributed by atoms with Crippen molar-refractivity contribution in [1.82, 2.24) is 5.32 Å². The summed E-state index contributed by atoms with van der Waals surface area (Å²) in [4.78, 5) is 0. The Labute approximate surface area is 133 Å². The Morgan fingerprint density at radius 3 is 2.25 bits per heavy atom. The molecule has 1 nitrogen and oxygen atoms in total. The van der Waals surface area contributed by atoms with Crippen LogP contribution in [0, 0.1) is 5.92 Å². The van der Waals surface area contributed by atoms with Crippen LogP contribution in [0.25, 0.3) is 0 Å². The number of benzene rings is 1. The molecule has 0 spiro atoms. The second-order valence-electron chi connectivity index (χ2n) is 6.10. The van der Waals surface area contributed by atoms with Gasteiger partial charge in [-0.1, -0.05) is 55.0 Å². The van der Waals surface area contributed by atoms with E-state index in [2.05, 4.69) is 25.2 Å². The molecule has 2 rings (SSSR count). The lowest BCUT2D eigenvalue weighted by Gasteiger charge is -2.27. The van der Waals surface area contributed by atoms with Gasteiger partial charge in [0.15, 0.2) is 0 Å². The van der Waals surface area contributed by atoms with Gasteiger partial charge < -0.3 is 5.32 Å². The van der Waals surface area contributed by atoms with Gasteiger partial charge >= 0.3 is 0 Å². The van der Waals surface area contributed by atoms with E-state index in [1.165, 1.54) is 44.1 Å². The van der Waals surface area contributed by atoms with E-state index in [1.807, 2.05) is 12.1 Å². The number of rotatable bonds is 4. The minimum Gasteiger partial charge on any atom is -0.307 e. The molecule has 0 aromatic heterocycles. The fourth-order valence-corrected chi connectivity index (χ4v) is 3.53. The van der Waals surface area contributed by atoms with E-state index in [9.17, 15) is 0 Å². The first-order valence-electron chi connectivity index (χ1n) is 7.79. The molecule has 0 saturated heterocycles. The summed E-state index contributed by atoms with van der Waals surface area (Å²) in [6, 6.07) is 6.78. The summed E-state index contributed by atoms with van der Waals surface area (Å²) in [6.07, 6.45) is 8.32. The SMILES string of the molecule is CC(N[C@H](C)C1CCCCCC1)c1ccc(Cl)c(Cl)c1. The van der Waals surface area contributed by atoms with Crippen LogP contribution in [0.15, 0.2) is 18.2 Å². The fourth-order valence-electron chi connectivity index (χ4n) is 3.22. The third-order valence-corrected chi connectivity index (χ3v) is 5.30. The van der Waals surface area contributed by atoms with Crippen LogP contribution in [0.5, 0.6) is 0 Å². The summed E-state index contributed by atoms with van der Waals surface area (Å²) in [5.41, 5.74) is 1.21. The summed E-state index contributed by atoms with van der Waals surface area (Å²) >= 11 is 12.1. The molecule has 1 aliphatic carbocycles. The summed E-state index contributed by atoms with van der Waals surface area (Å²) in [5.74, 6) is 0.808. The molecular formula is C17H25Cl2N. The lowest BCUT2D eigenvalue weighted by molar-refractivity contribution is 0.316. The van der Waals surface area contributed by atoms with Gasteiger partial charge in [0, 0.05) is 12.1 Å². The monoisotopic (exact) mass is 313 g/mol. The first-order valence-corrected chi connectivity index (χ1v) is 8.54. The third kappa shape index (κ3) is 4.38. The molecule has 0 amide bonds. The number of hydrogen-bond donors (Lipinski definition) is 1. The van der Waals surface area contributed by atoms with E-state index in [0.29, 0.717) is 22.1 Å². The second-order valence-corrected chi connectivity index (χ2v) is 6.92. The van der Waals surface area contributed by atoms with Crippen molar-refractivity contribution < 1.29 is 0 Å². The van der Waals surface area contributed by atoms with Crippen LogP contribution in [-0.2, 0) is 0 Å². The van der Waals surface area contributed by atoms with Crippen LogP contribution in [0.3, 0.4) is 0 Å².